The monoisotopic (exact) mass is 476 g/mol. The number of carbonyl (C=O) groups excluding carboxylic acids is 2. The molecule has 0 atom stereocenters. The fourth-order valence-electron chi connectivity index (χ4n) is 2.91. The van der Waals surface area contributed by atoms with Crippen molar-refractivity contribution >= 4 is 39.1 Å². The van der Waals surface area contributed by atoms with Crippen molar-refractivity contribution in [2.75, 3.05) is 42.2 Å². The topological polar surface area (TPSA) is 117 Å². The van der Waals surface area contributed by atoms with Crippen molar-refractivity contribution in [3.63, 3.8) is 0 Å². The Balaban J connectivity index is 1.90. The number of hydrogen-bond acceptors (Lipinski definition) is 6. The second kappa shape index (κ2) is 12.2. The first-order chi connectivity index (χ1) is 15.6. The Morgan fingerprint density at radius 2 is 1.58 bits per heavy atom. The summed E-state index contributed by atoms with van der Waals surface area (Å²) >= 11 is 0. The van der Waals surface area contributed by atoms with Crippen LogP contribution in [0.5, 0.6) is 0 Å². The molecular weight excluding hydrogens is 444 g/mol. The number of nitrogens with one attached hydrogen (secondary N) is 3. The first-order valence-electron chi connectivity index (χ1n) is 10.8. The molecule has 0 aliphatic rings. The number of hydrogen-bond donors (Lipinski definition) is 3. The maximum absolute atomic E-state index is 12.5. The normalized spacial score (nSPS) is 11.3. The van der Waals surface area contributed by atoms with E-state index in [0.29, 0.717) is 36.8 Å². The minimum atomic E-state index is -3.54. The van der Waals surface area contributed by atoms with Crippen LogP contribution in [0.4, 0.5) is 21.9 Å². The molecule has 0 bridgehead atoms. The van der Waals surface area contributed by atoms with Gasteiger partial charge in [-0.05, 0) is 48.4 Å². The van der Waals surface area contributed by atoms with E-state index in [0.717, 1.165) is 0 Å². The molecule has 2 aromatic carbocycles. The van der Waals surface area contributed by atoms with Crippen molar-refractivity contribution in [1.82, 2.24) is 4.31 Å². The summed E-state index contributed by atoms with van der Waals surface area (Å²) in [6.07, 6.45) is -0.537. The van der Waals surface area contributed by atoms with E-state index in [1.54, 1.807) is 50.2 Å². The average molecular weight is 477 g/mol. The molecule has 9 nitrogen and oxygen atoms in total. The maximum Gasteiger partial charge on any atom is 0.411 e. The smallest absolute Gasteiger partial charge is 0.411 e. The first-order valence-corrected chi connectivity index (χ1v) is 12.3. The van der Waals surface area contributed by atoms with Gasteiger partial charge in [-0.25, -0.2) is 13.2 Å². The van der Waals surface area contributed by atoms with Gasteiger partial charge in [-0.1, -0.05) is 33.8 Å². The highest BCUT2D eigenvalue weighted by Crippen LogP contribution is 2.19. The van der Waals surface area contributed by atoms with Crippen LogP contribution in [0.15, 0.2) is 53.4 Å². The van der Waals surface area contributed by atoms with Crippen molar-refractivity contribution < 1.29 is 22.7 Å². The number of sulfonamides is 1. The minimum Gasteiger partial charge on any atom is -0.449 e. The molecule has 0 radical (unpaired) electrons. The summed E-state index contributed by atoms with van der Waals surface area (Å²) < 4.78 is 31.5. The quantitative estimate of drug-likeness (QED) is 0.452. The highest BCUT2D eigenvalue weighted by atomic mass is 32.2. The Hall–Kier alpha value is -3.11. The largest absolute Gasteiger partial charge is 0.449 e. The molecule has 0 spiro atoms. The Kier molecular flexibility index (Phi) is 9.68. The lowest BCUT2D eigenvalue weighted by Crippen LogP contribution is -2.30. The number of ether oxygens (including phenoxy) is 1. The zero-order chi connectivity index (χ0) is 24.4. The fourth-order valence-corrected chi connectivity index (χ4v) is 4.37. The van der Waals surface area contributed by atoms with Gasteiger partial charge in [0.2, 0.25) is 15.9 Å². The fraction of sp³-hybridized carbons (Fsp3) is 0.391. The highest BCUT2D eigenvalue weighted by molar-refractivity contribution is 7.89. The standard InChI is InChI=1S/C23H32N4O5S/c1-5-27(6-2)33(30,31)21-12-10-18(11-13-21)25-22(28)15-24-19-8-7-9-20(14-19)26-23(29)32-16-17(3)4/h7-14,17,24H,5-6,15-16H2,1-4H3,(H,25,28)(H,26,29). The van der Waals surface area contributed by atoms with Gasteiger partial charge in [0, 0.05) is 30.2 Å². The number of benzene rings is 2. The number of anilines is 3. The lowest BCUT2D eigenvalue weighted by Gasteiger charge is -2.18. The van der Waals surface area contributed by atoms with Crippen molar-refractivity contribution in [3.05, 3.63) is 48.5 Å². The van der Waals surface area contributed by atoms with Crippen LogP contribution in [0, 0.1) is 5.92 Å². The lowest BCUT2D eigenvalue weighted by molar-refractivity contribution is -0.114. The summed E-state index contributed by atoms with van der Waals surface area (Å²) in [6, 6.07) is 13.0. The van der Waals surface area contributed by atoms with E-state index < -0.39 is 16.1 Å². The van der Waals surface area contributed by atoms with Crippen LogP contribution in [0.1, 0.15) is 27.7 Å². The van der Waals surface area contributed by atoms with E-state index in [-0.39, 0.29) is 23.3 Å². The molecule has 10 heteroatoms. The Morgan fingerprint density at radius 1 is 0.939 bits per heavy atom. The Labute approximate surface area is 195 Å². The van der Waals surface area contributed by atoms with Gasteiger partial charge in [0.05, 0.1) is 18.0 Å². The van der Waals surface area contributed by atoms with Gasteiger partial charge >= 0.3 is 6.09 Å². The van der Waals surface area contributed by atoms with Gasteiger partial charge < -0.3 is 15.4 Å². The van der Waals surface area contributed by atoms with Gasteiger partial charge in [-0.15, -0.1) is 0 Å². The maximum atomic E-state index is 12.5. The van der Waals surface area contributed by atoms with Crippen LogP contribution in [0.25, 0.3) is 0 Å². The Morgan fingerprint density at radius 3 is 2.18 bits per heavy atom. The summed E-state index contributed by atoms with van der Waals surface area (Å²) in [7, 11) is -3.54. The van der Waals surface area contributed by atoms with Crippen LogP contribution in [-0.2, 0) is 19.6 Å². The molecule has 2 aromatic rings. The van der Waals surface area contributed by atoms with E-state index in [1.165, 1.54) is 16.4 Å². The number of nitrogens with zero attached hydrogens (tertiary/aromatic N) is 1. The SMILES string of the molecule is CCN(CC)S(=O)(=O)c1ccc(NC(=O)CNc2cccc(NC(=O)OCC(C)C)c2)cc1. The van der Waals surface area contributed by atoms with E-state index in [9.17, 15) is 18.0 Å². The Bertz CT molecular complexity index is 1040. The molecule has 33 heavy (non-hydrogen) atoms. The number of rotatable bonds is 11. The summed E-state index contributed by atoms with van der Waals surface area (Å²) in [5, 5.41) is 8.35. The number of carbonyl (C=O) groups is 2. The van der Waals surface area contributed by atoms with Crippen LogP contribution < -0.4 is 16.0 Å². The number of amides is 2. The van der Waals surface area contributed by atoms with Crippen molar-refractivity contribution in [2.24, 2.45) is 5.92 Å². The summed E-state index contributed by atoms with van der Waals surface area (Å²) in [6.45, 7) is 8.56. The molecule has 0 unspecified atom stereocenters. The molecule has 3 N–H and O–H groups in total. The molecule has 0 heterocycles. The van der Waals surface area contributed by atoms with Gasteiger partial charge in [0.1, 0.15) is 0 Å². The van der Waals surface area contributed by atoms with Gasteiger partial charge in [0.25, 0.3) is 0 Å². The van der Waals surface area contributed by atoms with E-state index in [4.69, 9.17) is 4.74 Å². The second-order valence-corrected chi connectivity index (χ2v) is 9.65. The van der Waals surface area contributed by atoms with E-state index >= 15 is 0 Å². The van der Waals surface area contributed by atoms with Crippen molar-refractivity contribution in [2.45, 2.75) is 32.6 Å². The molecule has 0 aliphatic carbocycles. The van der Waals surface area contributed by atoms with Gasteiger partial charge in [-0.3, -0.25) is 10.1 Å². The van der Waals surface area contributed by atoms with E-state index in [2.05, 4.69) is 16.0 Å². The molecule has 0 saturated carbocycles. The molecule has 0 aromatic heterocycles. The zero-order valence-corrected chi connectivity index (χ0v) is 20.2. The summed E-state index contributed by atoms with van der Waals surface area (Å²) in [4.78, 5) is 24.3. The minimum absolute atomic E-state index is 0.0131. The second-order valence-electron chi connectivity index (χ2n) is 7.71. The molecule has 0 aliphatic heterocycles. The zero-order valence-electron chi connectivity index (χ0n) is 19.4. The molecule has 2 amide bonds. The summed E-state index contributed by atoms with van der Waals surface area (Å²) in [5.41, 5.74) is 1.68. The molecular formula is C23H32N4O5S. The predicted molar refractivity (Wildman–Crippen MR) is 130 cm³/mol. The molecule has 2 rings (SSSR count). The van der Waals surface area contributed by atoms with Crippen LogP contribution in [0.3, 0.4) is 0 Å². The van der Waals surface area contributed by atoms with Crippen molar-refractivity contribution in [1.29, 1.82) is 0 Å². The summed E-state index contributed by atoms with van der Waals surface area (Å²) in [5.74, 6) is -0.0608. The van der Waals surface area contributed by atoms with E-state index in [1.807, 2.05) is 13.8 Å². The molecule has 180 valence electrons. The molecule has 0 saturated heterocycles. The first kappa shape index (κ1) is 26.1. The van der Waals surface area contributed by atoms with Crippen molar-refractivity contribution in [3.8, 4) is 0 Å². The average Bonchev–Trinajstić information content (AvgIpc) is 2.77. The van der Waals surface area contributed by atoms with Crippen LogP contribution >= 0.6 is 0 Å². The van der Waals surface area contributed by atoms with Crippen LogP contribution in [-0.4, -0.2) is 51.0 Å². The third-order valence-electron chi connectivity index (χ3n) is 4.59. The van der Waals surface area contributed by atoms with Gasteiger partial charge in [0.15, 0.2) is 0 Å². The predicted octanol–water partition coefficient (Wildman–Crippen LogP) is 3.97. The molecule has 0 fully saturated rings. The van der Waals surface area contributed by atoms with Gasteiger partial charge in [-0.2, -0.15) is 4.31 Å². The third-order valence-corrected chi connectivity index (χ3v) is 6.66. The lowest BCUT2D eigenvalue weighted by atomic mass is 10.2. The third kappa shape index (κ3) is 8.07. The highest BCUT2D eigenvalue weighted by Gasteiger charge is 2.21. The van der Waals surface area contributed by atoms with Crippen LogP contribution in [0.2, 0.25) is 0 Å².